The van der Waals surface area contributed by atoms with Crippen LogP contribution in [0.2, 0.25) is 0 Å². The van der Waals surface area contributed by atoms with Gasteiger partial charge in [0, 0.05) is 6.54 Å². The maximum absolute atomic E-state index is 12.3. The Kier molecular flexibility index (Phi) is 3.15. The van der Waals surface area contributed by atoms with Crippen LogP contribution in [0.4, 0.5) is 8.78 Å². The number of aromatic nitrogens is 3. The summed E-state index contributed by atoms with van der Waals surface area (Å²) in [6.07, 6.45) is 0.697. The van der Waals surface area contributed by atoms with E-state index in [1.54, 1.807) is 6.92 Å². The first-order chi connectivity index (χ1) is 6.45. The van der Waals surface area contributed by atoms with Gasteiger partial charge in [0.25, 0.3) is 0 Å². The standard InChI is InChI=1S/C7H8ClF2N3O/c1-2-13-6(11-4-12-13)3-5(14)7(8,9)10/h4H,2-3H2,1H3. The van der Waals surface area contributed by atoms with Gasteiger partial charge in [-0.25, -0.2) is 9.67 Å². The van der Waals surface area contributed by atoms with E-state index in [4.69, 9.17) is 0 Å². The molecule has 0 saturated heterocycles. The fourth-order valence-corrected chi connectivity index (χ4v) is 1.000. The molecule has 78 valence electrons. The van der Waals surface area contributed by atoms with Crippen LogP contribution in [0.3, 0.4) is 0 Å². The third-order valence-electron chi connectivity index (χ3n) is 1.63. The van der Waals surface area contributed by atoms with Crippen LogP contribution in [-0.2, 0) is 17.8 Å². The molecule has 0 saturated carbocycles. The number of carbonyl (C=O) groups excluding carboxylic acids is 1. The summed E-state index contributed by atoms with van der Waals surface area (Å²) in [5.41, 5.74) is 0. The van der Waals surface area contributed by atoms with Crippen molar-refractivity contribution in [1.82, 2.24) is 14.8 Å². The van der Waals surface area contributed by atoms with Gasteiger partial charge in [0.1, 0.15) is 12.2 Å². The molecule has 4 nitrogen and oxygen atoms in total. The lowest BCUT2D eigenvalue weighted by Gasteiger charge is -2.06. The Hall–Kier alpha value is -1.04. The second kappa shape index (κ2) is 4.00. The summed E-state index contributed by atoms with van der Waals surface area (Å²) in [6, 6.07) is 0. The smallest absolute Gasteiger partial charge is 0.291 e. The van der Waals surface area contributed by atoms with Crippen molar-refractivity contribution < 1.29 is 13.6 Å². The van der Waals surface area contributed by atoms with Crippen LogP contribution in [0.25, 0.3) is 0 Å². The number of nitrogens with zero attached hydrogens (tertiary/aromatic N) is 3. The molecule has 14 heavy (non-hydrogen) atoms. The predicted octanol–water partition coefficient (Wildman–Crippen LogP) is 1.24. The molecule has 7 heteroatoms. The van der Waals surface area contributed by atoms with Gasteiger partial charge in [0.05, 0.1) is 6.42 Å². The van der Waals surface area contributed by atoms with E-state index in [1.165, 1.54) is 11.0 Å². The average molecular weight is 224 g/mol. The second-order valence-electron chi connectivity index (χ2n) is 2.59. The van der Waals surface area contributed by atoms with Gasteiger partial charge in [-0.1, -0.05) is 0 Å². The number of aryl methyl sites for hydroxylation is 1. The summed E-state index contributed by atoms with van der Waals surface area (Å²) in [5.74, 6) is -1.18. The molecule has 0 unspecified atom stereocenters. The molecule has 1 heterocycles. The number of halogens is 3. The van der Waals surface area contributed by atoms with Crippen molar-refractivity contribution in [2.45, 2.75) is 25.3 Å². The molecule has 0 fully saturated rings. The highest BCUT2D eigenvalue weighted by atomic mass is 35.5. The zero-order chi connectivity index (χ0) is 10.8. The van der Waals surface area contributed by atoms with Gasteiger partial charge in [-0.3, -0.25) is 4.79 Å². The number of Topliss-reactive ketones (excluding diaryl/α,β-unsaturated/α-hetero) is 1. The summed E-state index contributed by atoms with van der Waals surface area (Å²) in [4.78, 5) is 14.5. The minimum Gasteiger partial charge on any atom is -0.291 e. The lowest BCUT2D eigenvalue weighted by Crippen LogP contribution is -2.25. The van der Waals surface area contributed by atoms with Crippen LogP contribution in [0.1, 0.15) is 12.7 Å². The van der Waals surface area contributed by atoms with Crippen molar-refractivity contribution in [2.75, 3.05) is 0 Å². The minimum absolute atomic E-state index is 0.192. The Morgan fingerprint density at radius 2 is 2.36 bits per heavy atom. The first-order valence-electron chi connectivity index (χ1n) is 3.92. The second-order valence-corrected chi connectivity index (χ2v) is 3.06. The van der Waals surface area contributed by atoms with Crippen molar-refractivity contribution in [2.24, 2.45) is 0 Å². The Labute approximate surface area is 83.9 Å². The van der Waals surface area contributed by atoms with Crippen molar-refractivity contribution in [3.63, 3.8) is 0 Å². The normalized spacial score (nSPS) is 11.7. The molecule has 0 aromatic carbocycles. The molecule has 1 aromatic rings. The lowest BCUT2D eigenvalue weighted by atomic mass is 10.3. The van der Waals surface area contributed by atoms with Crippen LogP contribution in [0.5, 0.6) is 0 Å². The molecule has 0 N–H and O–H groups in total. The maximum atomic E-state index is 12.3. The molecular weight excluding hydrogens is 216 g/mol. The zero-order valence-corrected chi connectivity index (χ0v) is 8.13. The van der Waals surface area contributed by atoms with E-state index in [9.17, 15) is 13.6 Å². The molecule has 0 aliphatic heterocycles. The lowest BCUT2D eigenvalue weighted by molar-refractivity contribution is -0.132. The highest BCUT2D eigenvalue weighted by Crippen LogP contribution is 2.21. The fourth-order valence-electron chi connectivity index (χ4n) is 0.933. The van der Waals surface area contributed by atoms with Gasteiger partial charge in [-0.05, 0) is 18.5 Å². The summed E-state index contributed by atoms with van der Waals surface area (Å²) < 4.78 is 26.0. The SMILES string of the molecule is CCn1ncnc1CC(=O)C(F)(F)Cl. The summed E-state index contributed by atoms with van der Waals surface area (Å²) in [5, 5.41) is -0.0937. The summed E-state index contributed by atoms with van der Waals surface area (Å²) >= 11 is 4.56. The van der Waals surface area contributed by atoms with E-state index in [1.807, 2.05) is 0 Å². The molecule has 0 aliphatic carbocycles. The van der Waals surface area contributed by atoms with Crippen LogP contribution in [0.15, 0.2) is 6.33 Å². The van der Waals surface area contributed by atoms with E-state index < -0.39 is 17.6 Å². The molecule has 0 spiro atoms. The van der Waals surface area contributed by atoms with E-state index >= 15 is 0 Å². The van der Waals surface area contributed by atoms with Crippen LogP contribution in [0, 0.1) is 0 Å². The molecule has 0 atom stereocenters. The highest BCUT2D eigenvalue weighted by molar-refractivity contribution is 6.32. The first kappa shape index (κ1) is 11.0. The Morgan fingerprint density at radius 3 is 2.86 bits per heavy atom. The number of rotatable bonds is 4. The molecular formula is C7H8ClF2N3O. The number of alkyl halides is 3. The van der Waals surface area contributed by atoms with Crippen LogP contribution >= 0.6 is 11.6 Å². The van der Waals surface area contributed by atoms with Crippen LogP contribution < -0.4 is 0 Å². The Bertz CT molecular complexity index is 334. The van der Waals surface area contributed by atoms with Crippen molar-refractivity contribution >= 4 is 17.4 Å². The van der Waals surface area contributed by atoms with Gasteiger partial charge in [-0.2, -0.15) is 13.9 Å². The van der Waals surface area contributed by atoms with Crippen molar-refractivity contribution in [3.05, 3.63) is 12.2 Å². The number of ketones is 1. The molecule has 1 rings (SSSR count). The summed E-state index contributed by atoms with van der Waals surface area (Å²) in [7, 11) is 0. The third-order valence-corrected chi connectivity index (χ3v) is 1.84. The minimum atomic E-state index is -3.83. The Morgan fingerprint density at radius 1 is 1.71 bits per heavy atom. The average Bonchev–Trinajstić information content (AvgIpc) is 2.50. The van der Waals surface area contributed by atoms with E-state index in [2.05, 4.69) is 21.7 Å². The van der Waals surface area contributed by atoms with E-state index in [-0.39, 0.29) is 5.82 Å². The molecule has 0 amide bonds. The maximum Gasteiger partial charge on any atom is 0.380 e. The van der Waals surface area contributed by atoms with Crippen molar-refractivity contribution in [3.8, 4) is 0 Å². The highest BCUT2D eigenvalue weighted by Gasteiger charge is 2.36. The number of carbonyl (C=O) groups is 1. The van der Waals surface area contributed by atoms with E-state index in [0.717, 1.165) is 0 Å². The van der Waals surface area contributed by atoms with Gasteiger partial charge in [0.15, 0.2) is 0 Å². The third kappa shape index (κ3) is 2.47. The quantitative estimate of drug-likeness (QED) is 0.722. The fraction of sp³-hybridized carbons (Fsp3) is 0.571. The predicted molar refractivity (Wildman–Crippen MR) is 45.2 cm³/mol. The van der Waals surface area contributed by atoms with Gasteiger partial charge in [-0.15, -0.1) is 0 Å². The number of hydrogen-bond donors (Lipinski definition) is 0. The molecule has 0 radical (unpaired) electrons. The largest absolute Gasteiger partial charge is 0.380 e. The van der Waals surface area contributed by atoms with E-state index in [0.29, 0.717) is 6.54 Å². The first-order valence-corrected chi connectivity index (χ1v) is 4.29. The number of hydrogen-bond acceptors (Lipinski definition) is 3. The summed E-state index contributed by atoms with van der Waals surface area (Å²) in [6.45, 7) is 2.23. The van der Waals surface area contributed by atoms with Gasteiger partial charge in [0.2, 0.25) is 5.78 Å². The Balaban J connectivity index is 2.74. The molecule has 0 bridgehead atoms. The van der Waals surface area contributed by atoms with Gasteiger partial charge < -0.3 is 0 Å². The van der Waals surface area contributed by atoms with Crippen LogP contribution in [-0.4, -0.2) is 25.9 Å². The molecule has 1 aromatic heterocycles. The van der Waals surface area contributed by atoms with Crippen molar-refractivity contribution in [1.29, 1.82) is 0 Å². The zero-order valence-electron chi connectivity index (χ0n) is 7.38. The molecule has 0 aliphatic rings. The topological polar surface area (TPSA) is 47.8 Å². The monoisotopic (exact) mass is 223 g/mol. The van der Waals surface area contributed by atoms with Gasteiger partial charge >= 0.3 is 5.38 Å².